The Kier molecular flexibility index (Phi) is 3.57. The molecule has 2 aromatic rings. The number of nitrogens with zero attached hydrogens (tertiary/aromatic N) is 2. The fourth-order valence-electron chi connectivity index (χ4n) is 1.33. The first-order chi connectivity index (χ1) is 8.86. The Bertz CT molecular complexity index is 601. The van der Waals surface area contributed by atoms with Crippen molar-refractivity contribution in [2.75, 3.05) is 5.32 Å². The number of aromatic nitrogens is 2. The van der Waals surface area contributed by atoms with E-state index in [0.717, 1.165) is 30.6 Å². The van der Waals surface area contributed by atoms with Crippen molar-refractivity contribution >= 4 is 23.1 Å². The molecule has 0 aliphatic carbocycles. The fourth-order valence-corrected chi connectivity index (χ4v) is 1.56. The predicted octanol–water partition coefficient (Wildman–Crippen LogP) is 4.03. The number of hydrogen-bond donors (Lipinski definition) is 1. The van der Waals surface area contributed by atoms with Gasteiger partial charge in [-0.1, -0.05) is 11.6 Å². The third-order valence-electron chi connectivity index (χ3n) is 2.19. The van der Waals surface area contributed by atoms with E-state index in [1.165, 1.54) is 0 Å². The average Bonchev–Trinajstić information content (AvgIpc) is 2.30. The molecule has 2 rings (SSSR count). The van der Waals surface area contributed by atoms with Gasteiger partial charge in [0, 0.05) is 6.07 Å². The zero-order valence-electron chi connectivity index (χ0n) is 9.17. The van der Waals surface area contributed by atoms with E-state index in [0.29, 0.717) is 0 Å². The van der Waals surface area contributed by atoms with Crippen LogP contribution in [0, 0.1) is 5.95 Å². The van der Waals surface area contributed by atoms with Gasteiger partial charge in [-0.25, -0.2) is 9.97 Å². The summed E-state index contributed by atoms with van der Waals surface area (Å²) in [6, 6.07) is 3.78. The second-order valence-electron chi connectivity index (χ2n) is 3.54. The van der Waals surface area contributed by atoms with Gasteiger partial charge in [0.05, 0.1) is 16.3 Å². The van der Waals surface area contributed by atoms with E-state index in [9.17, 15) is 17.6 Å². The monoisotopic (exact) mass is 291 g/mol. The minimum absolute atomic E-state index is 0.0918. The van der Waals surface area contributed by atoms with Crippen LogP contribution >= 0.6 is 11.6 Å². The fraction of sp³-hybridized carbons (Fsp3) is 0.0909. The molecule has 0 aliphatic heterocycles. The summed E-state index contributed by atoms with van der Waals surface area (Å²) in [4.78, 5) is 6.95. The van der Waals surface area contributed by atoms with Gasteiger partial charge in [-0.3, -0.25) is 0 Å². The summed E-state index contributed by atoms with van der Waals surface area (Å²) in [5.41, 5.74) is -0.676. The van der Waals surface area contributed by atoms with Gasteiger partial charge in [0.1, 0.15) is 12.1 Å². The van der Waals surface area contributed by atoms with Gasteiger partial charge in [0.25, 0.3) is 0 Å². The third kappa shape index (κ3) is 3.31. The maximum atomic E-state index is 12.8. The Balaban J connectivity index is 2.27. The quantitative estimate of drug-likeness (QED) is 0.670. The lowest BCUT2D eigenvalue weighted by molar-refractivity contribution is -0.137. The van der Waals surface area contributed by atoms with Gasteiger partial charge >= 0.3 is 6.18 Å². The largest absolute Gasteiger partial charge is 0.416 e. The SMILES string of the molecule is Fc1cc(Nc2ccc(C(F)(F)F)cc2Cl)ncn1. The molecule has 0 atom stereocenters. The van der Waals surface area contributed by atoms with Crippen LogP contribution < -0.4 is 5.32 Å². The minimum Gasteiger partial charge on any atom is -0.339 e. The molecule has 0 saturated carbocycles. The van der Waals surface area contributed by atoms with Crippen molar-refractivity contribution in [2.24, 2.45) is 0 Å². The van der Waals surface area contributed by atoms with Gasteiger partial charge < -0.3 is 5.32 Å². The second-order valence-corrected chi connectivity index (χ2v) is 3.95. The maximum absolute atomic E-state index is 12.8. The van der Waals surface area contributed by atoms with Gasteiger partial charge in [0.2, 0.25) is 5.95 Å². The van der Waals surface area contributed by atoms with Crippen LogP contribution in [0.4, 0.5) is 29.1 Å². The van der Waals surface area contributed by atoms with Crippen molar-refractivity contribution in [3.8, 4) is 0 Å². The molecule has 0 saturated heterocycles. The van der Waals surface area contributed by atoms with E-state index in [1.807, 2.05) is 0 Å². The van der Waals surface area contributed by atoms with Crippen molar-refractivity contribution < 1.29 is 17.6 Å². The van der Waals surface area contributed by atoms with Crippen molar-refractivity contribution in [1.82, 2.24) is 9.97 Å². The molecule has 1 heterocycles. The first-order valence-electron chi connectivity index (χ1n) is 4.97. The molecule has 0 spiro atoms. The van der Waals surface area contributed by atoms with Crippen LogP contribution in [0.5, 0.6) is 0 Å². The lowest BCUT2D eigenvalue weighted by atomic mass is 10.2. The van der Waals surface area contributed by atoms with E-state index in [2.05, 4.69) is 15.3 Å². The molecule has 3 nitrogen and oxygen atoms in total. The molecule has 19 heavy (non-hydrogen) atoms. The van der Waals surface area contributed by atoms with Crippen LogP contribution in [0.2, 0.25) is 5.02 Å². The minimum atomic E-state index is -4.47. The zero-order valence-corrected chi connectivity index (χ0v) is 9.93. The van der Waals surface area contributed by atoms with E-state index in [-0.39, 0.29) is 16.5 Å². The Morgan fingerprint density at radius 1 is 1.11 bits per heavy atom. The highest BCUT2D eigenvalue weighted by atomic mass is 35.5. The highest BCUT2D eigenvalue weighted by Gasteiger charge is 2.30. The average molecular weight is 292 g/mol. The number of rotatable bonds is 2. The molecule has 0 aliphatic rings. The summed E-state index contributed by atoms with van der Waals surface area (Å²) in [5, 5.41) is 2.46. The molecule has 1 aromatic heterocycles. The number of anilines is 2. The predicted molar refractivity (Wildman–Crippen MR) is 61.7 cm³/mol. The normalized spacial score (nSPS) is 11.4. The summed E-state index contributed by atoms with van der Waals surface area (Å²) in [7, 11) is 0. The standard InChI is InChI=1S/C11H6ClF4N3/c12-7-3-6(11(14,15)16)1-2-8(7)19-10-4-9(13)17-5-18-10/h1-5H,(H,17,18,19). The molecule has 1 N–H and O–H groups in total. The molecular weight excluding hydrogens is 286 g/mol. The van der Waals surface area contributed by atoms with Crippen molar-refractivity contribution in [1.29, 1.82) is 0 Å². The molecule has 0 amide bonds. The van der Waals surface area contributed by atoms with E-state index < -0.39 is 17.7 Å². The molecule has 1 aromatic carbocycles. The van der Waals surface area contributed by atoms with Crippen LogP contribution in [-0.4, -0.2) is 9.97 Å². The molecule has 0 radical (unpaired) electrons. The molecule has 0 unspecified atom stereocenters. The van der Waals surface area contributed by atoms with E-state index in [4.69, 9.17) is 11.6 Å². The highest BCUT2D eigenvalue weighted by molar-refractivity contribution is 6.33. The summed E-state index contributed by atoms with van der Waals surface area (Å²) in [5.74, 6) is -0.672. The molecule has 0 bridgehead atoms. The van der Waals surface area contributed by atoms with Crippen molar-refractivity contribution in [3.05, 3.63) is 47.1 Å². The molecule has 100 valence electrons. The highest BCUT2D eigenvalue weighted by Crippen LogP contribution is 2.34. The number of nitrogens with one attached hydrogen (secondary N) is 1. The van der Waals surface area contributed by atoms with E-state index >= 15 is 0 Å². The van der Waals surface area contributed by atoms with Crippen molar-refractivity contribution in [2.45, 2.75) is 6.18 Å². The van der Waals surface area contributed by atoms with Gasteiger partial charge in [-0.15, -0.1) is 0 Å². The number of hydrogen-bond acceptors (Lipinski definition) is 3. The van der Waals surface area contributed by atoms with Gasteiger partial charge in [-0.2, -0.15) is 17.6 Å². The lowest BCUT2D eigenvalue weighted by Crippen LogP contribution is -2.05. The zero-order chi connectivity index (χ0) is 14.0. The molecule has 8 heteroatoms. The Hall–Kier alpha value is -1.89. The Morgan fingerprint density at radius 2 is 1.84 bits per heavy atom. The van der Waals surface area contributed by atoms with Gasteiger partial charge in [0.15, 0.2) is 0 Å². The first-order valence-corrected chi connectivity index (χ1v) is 5.35. The van der Waals surface area contributed by atoms with Crippen LogP contribution in [-0.2, 0) is 6.18 Å². The maximum Gasteiger partial charge on any atom is 0.416 e. The topological polar surface area (TPSA) is 37.8 Å². The van der Waals surface area contributed by atoms with E-state index in [1.54, 1.807) is 0 Å². The number of alkyl halides is 3. The third-order valence-corrected chi connectivity index (χ3v) is 2.51. The van der Waals surface area contributed by atoms with Crippen LogP contribution in [0.3, 0.4) is 0 Å². The Labute approximate surface area is 110 Å². The van der Waals surface area contributed by atoms with Crippen molar-refractivity contribution in [3.63, 3.8) is 0 Å². The summed E-state index contributed by atoms with van der Waals surface area (Å²) in [6.45, 7) is 0. The Morgan fingerprint density at radius 3 is 2.42 bits per heavy atom. The summed E-state index contributed by atoms with van der Waals surface area (Å²) < 4.78 is 50.1. The van der Waals surface area contributed by atoms with Crippen LogP contribution in [0.15, 0.2) is 30.6 Å². The summed E-state index contributed by atoms with van der Waals surface area (Å²) >= 11 is 5.73. The lowest BCUT2D eigenvalue weighted by Gasteiger charge is -2.11. The number of halogens is 5. The molecule has 0 fully saturated rings. The van der Waals surface area contributed by atoms with Gasteiger partial charge in [-0.05, 0) is 18.2 Å². The summed E-state index contributed by atoms with van der Waals surface area (Å²) in [6.07, 6.45) is -3.49. The smallest absolute Gasteiger partial charge is 0.339 e. The number of benzene rings is 1. The first kappa shape index (κ1) is 13.5. The van der Waals surface area contributed by atoms with Crippen LogP contribution in [0.1, 0.15) is 5.56 Å². The second kappa shape index (κ2) is 5.00. The molecular formula is C11H6ClF4N3. The van der Waals surface area contributed by atoms with Crippen LogP contribution in [0.25, 0.3) is 0 Å².